The fraction of sp³-hybridized carbons (Fsp3) is 0.500. The molecule has 0 aliphatic carbocycles. The van der Waals surface area contributed by atoms with Gasteiger partial charge >= 0.3 is 12.1 Å². The molecule has 4 atom stereocenters. The van der Waals surface area contributed by atoms with E-state index < -0.39 is 41.9 Å². The van der Waals surface area contributed by atoms with Crippen LogP contribution < -0.4 is 5.32 Å². The topological polar surface area (TPSA) is 105 Å². The summed E-state index contributed by atoms with van der Waals surface area (Å²) in [5.41, 5.74) is -0.967. The number of carbonyl (C=O) groups is 2. The van der Waals surface area contributed by atoms with Crippen molar-refractivity contribution in [2.75, 3.05) is 13.7 Å². The number of amidine groups is 1. The summed E-state index contributed by atoms with van der Waals surface area (Å²) in [4.78, 5) is 28.4. The highest BCUT2D eigenvalue weighted by atomic mass is 16.8. The van der Waals surface area contributed by atoms with Gasteiger partial charge in [0, 0.05) is 7.05 Å². The first-order valence-electron chi connectivity index (χ1n) is 8.56. The number of rotatable bonds is 3. The average molecular weight is 376 g/mol. The molecule has 0 saturated carbocycles. The molecule has 1 unspecified atom stereocenters. The lowest BCUT2D eigenvalue weighted by Crippen LogP contribution is -2.56. The molecule has 1 amide bonds. The fourth-order valence-electron chi connectivity index (χ4n) is 3.60. The molecule has 4 rings (SSSR count). The molecule has 1 aromatic carbocycles. The second kappa shape index (κ2) is 6.29. The van der Waals surface area contributed by atoms with E-state index in [1.807, 2.05) is 0 Å². The number of nitrogens with zero attached hydrogens (tertiary/aromatic N) is 1. The molecule has 3 saturated heterocycles. The number of fused-ring (bicyclic) bond motifs is 2. The lowest BCUT2D eigenvalue weighted by molar-refractivity contribution is -0.223. The quantitative estimate of drug-likeness (QED) is 0.791. The maximum atomic E-state index is 12.3. The minimum Gasteiger partial charge on any atom is -0.459 e. The van der Waals surface area contributed by atoms with Gasteiger partial charge in [0.15, 0.2) is 24.0 Å². The van der Waals surface area contributed by atoms with Crippen molar-refractivity contribution in [3.8, 4) is 0 Å². The molecular formula is C18H20N2O7. The molecule has 0 aromatic heterocycles. The van der Waals surface area contributed by atoms with Gasteiger partial charge in [-0.1, -0.05) is 18.2 Å². The Morgan fingerprint density at radius 1 is 1.26 bits per heavy atom. The minimum atomic E-state index is -1.37. The lowest BCUT2D eigenvalue weighted by atomic mass is 9.91. The second-order valence-electron chi connectivity index (χ2n) is 6.89. The zero-order chi connectivity index (χ0) is 19.2. The molecule has 9 heteroatoms. The fourth-order valence-corrected chi connectivity index (χ4v) is 3.60. The molecular weight excluding hydrogens is 356 g/mol. The Bertz CT molecular complexity index is 794. The van der Waals surface area contributed by atoms with Crippen LogP contribution >= 0.6 is 0 Å². The second-order valence-corrected chi connectivity index (χ2v) is 6.89. The largest absolute Gasteiger partial charge is 0.459 e. The molecule has 3 aliphatic rings. The Morgan fingerprint density at radius 3 is 2.70 bits per heavy atom. The van der Waals surface area contributed by atoms with Crippen LogP contribution in [0.15, 0.2) is 35.3 Å². The molecule has 1 spiro atoms. The number of alkyl carbamates (subject to hydrolysis) is 1. The molecule has 0 bridgehead atoms. The van der Waals surface area contributed by atoms with Crippen molar-refractivity contribution in [2.45, 2.75) is 43.7 Å². The Morgan fingerprint density at radius 2 is 2.00 bits per heavy atom. The Hall–Kier alpha value is -2.49. The number of carbonyl (C=O) groups excluding carboxylic acids is 2. The van der Waals surface area contributed by atoms with Crippen LogP contribution in [0.5, 0.6) is 0 Å². The summed E-state index contributed by atoms with van der Waals surface area (Å²) in [6.07, 6.45) is -3.04. The van der Waals surface area contributed by atoms with Gasteiger partial charge in [-0.15, -0.1) is 0 Å². The van der Waals surface area contributed by atoms with Crippen LogP contribution in [0.1, 0.15) is 24.2 Å². The van der Waals surface area contributed by atoms with Gasteiger partial charge in [-0.25, -0.2) is 9.59 Å². The summed E-state index contributed by atoms with van der Waals surface area (Å²) in [5, 5.41) is 2.56. The molecule has 9 nitrogen and oxygen atoms in total. The van der Waals surface area contributed by atoms with Gasteiger partial charge in [0.25, 0.3) is 0 Å². The van der Waals surface area contributed by atoms with E-state index in [1.54, 1.807) is 44.2 Å². The number of nitrogens with one attached hydrogen (secondary N) is 1. The summed E-state index contributed by atoms with van der Waals surface area (Å²) < 4.78 is 28.5. The van der Waals surface area contributed by atoms with E-state index in [4.69, 9.17) is 23.7 Å². The average Bonchev–Trinajstić information content (AvgIpc) is 3.23. The van der Waals surface area contributed by atoms with E-state index in [1.165, 1.54) is 7.05 Å². The zero-order valence-electron chi connectivity index (χ0n) is 15.1. The van der Waals surface area contributed by atoms with Gasteiger partial charge in [0.05, 0.1) is 5.56 Å². The van der Waals surface area contributed by atoms with Gasteiger partial charge < -0.3 is 23.7 Å². The molecule has 144 valence electrons. The zero-order valence-corrected chi connectivity index (χ0v) is 15.1. The first kappa shape index (κ1) is 17.9. The Labute approximate surface area is 155 Å². The van der Waals surface area contributed by atoms with E-state index in [-0.39, 0.29) is 12.4 Å². The first-order chi connectivity index (χ1) is 12.9. The minimum absolute atomic E-state index is 0.165. The number of esters is 1. The van der Waals surface area contributed by atoms with Gasteiger partial charge in [0.1, 0.15) is 12.7 Å². The van der Waals surface area contributed by atoms with Crippen LogP contribution in [0.4, 0.5) is 4.79 Å². The molecule has 27 heavy (non-hydrogen) atoms. The predicted octanol–water partition coefficient (Wildman–Crippen LogP) is 1.23. The van der Waals surface area contributed by atoms with Gasteiger partial charge in [-0.05, 0) is 26.0 Å². The highest BCUT2D eigenvalue weighted by Gasteiger charge is 2.71. The third kappa shape index (κ3) is 2.88. The molecule has 3 heterocycles. The number of aliphatic imine (C=N–C) groups is 1. The number of hydrogen-bond donors (Lipinski definition) is 1. The van der Waals surface area contributed by atoms with Crippen molar-refractivity contribution in [3.05, 3.63) is 35.9 Å². The van der Waals surface area contributed by atoms with Crippen LogP contribution in [0, 0.1) is 0 Å². The highest BCUT2D eigenvalue weighted by molar-refractivity contribution is 6.07. The number of benzene rings is 1. The molecule has 1 aromatic rings. The van der Waals surface area contributed by atoms with Crippen molar-refractivity contribution in [1.29, 1.82) is 0 Å². The highest BCUT2D eigenvalue weighted by Crippen LogP contribution is 2.47. The van der Waals surface area contributed by atoms with Crippen molar-refractivity contribution in [2.24, 2.45) is 4.99 Å². The van der Waals surface area contributed by atoms with Gasteiger partial charge in [-0.2, -0.15) is 0 Å². The van der Waals surface area contributed by atoms with Crippen molar-refractivity contribution in [1.82, 2.24) is 5.32 Å². The van der Waals surface area contributed by atoms with Gasteiger partial charge in [-0.3, -0.25) is 10.3 Å². The van der Waals surface area contributed by atoms with Crippen LogP contribution in [0.3, 0.4) is 0 Å². The lowest BCUT2D eigenvalue weighted by Gasteiger charge is -2.32. The number of hydrogen-bond acceptors (Lipinski definition) is 8. The summed E-state index contributed by atoms with van der Waals surface area (Å²) in [7, 11) is 1.52. The maximum absolute atomic E-state index is 12.3. The van der Waals surface area contributed by atoms with Crippen molar-refractivity contribution < 1.29 is 33.3 Å². The third-order valence-corrected chi connectivity index (χ3v) is 4.71. The third-order valence-electron chi connectivity index (χ3n) is 4.71. The van der Waals surface area contributed by atoms with E-state index in [2.05, 4.69) is 10.3 Å². The van der Waals surface area contributed by atoms with Crippen LogP contribution in [0.25, 0.3) is 0 Å². The molecule has 0 radical (unpaired) electrons. The van der Waals surface area contributed by atoms with E-state index in [0.29, 0.717) is 5.56 Å². The van der Waals surface area contributed by atoms with E-state index in [0.717, 1.165) is 0 Å². The molecule has 1 N–H and O–H groups in total. The molecule has 3 aliphatic heterocycles. The Balaban J connectivity index is 1.59. The molecule has 3 fully saturated rings. The Kier molecular flexibility index (Phi) is 4.17. The normalized spacial score (nSPS) is 35.1. The van der Waals surface area contributed by atoms with Crippen molar-refractivity contribution >= 4 is 17.9 Å². The van der Waals surface area contributed by atoms with Gasteiger partial charge in [0.2, 0.25) is 5.60 Å². The van der Waals surface area contributed by atoms with Crippen LogP contribution in [-0.4, -0.2) is 61.4 Å². The maximum Gasteiger partial charge on any atom is 0.413 e. The monoisotopic (exact) mass is 376 g/mol. The summed E-state index contributed by atoms with van der Waals surface area (Å²) in [5.74, 6) is -1.18. The van der Waals surface area contributed by atoms with Crippen LogP contribution in [0.2, 0.25) is 0 Å². The summed E-state index contributed by atoms with van der Waals surface area (Å²) in [6.45, 7) is 3.31. The standard InChI is InChI=1S/C18H20N2O7/c1-17(2)25-12-14(26-17)24-11(18(12)15(19-3)20-16(22)27-18)9-23-13(21)10-7-5-4-6-8-10/h4-8,11-12,14H,9H2,1-3H3,(H,19,20,22)/t11-,12+,14-,18?/m1/s1. The number of ether oxygens (including phenoxy) is 5. The first-order valence-corrected chi connectivity index (χ1v) is 8.56. The van der Waals surface area contributed by atoms with E-state index >= 15 is 0 Å². The summed E-state index contributed by atoms with van der Waals surface area (Å²) in [6, 6.07) is 8.57. The SMILES string of the molecule is CN=C1NC(=O)OC12[C@@H](COC(=O)c1ccccc1)O[C@@H]1OC(C)(C)O[C@@H]12. The summed E-state index contributed by atoms with van der Waals surface area (Å²) >= 11 is 0. The van der Waals surface area contributed by atoms with Crippen LogP contribution in [-0.2, 0) is 23.7 Å². The van der Waals surface area contributed by atoms with Crippen molar-refractivity contribution in [3.63, 3.8) is 0 Å². The predicted molar refractivity (Wildman–Crippen MR) is 91.1 cm³/mol. The smallest absolute Gasteiger partial charge is 0.413 e. The number of amides is 1. The van der Waals surface area contributed by atoms with E-state index in [9.17, 15) is 9.59 Å².